The van der Waals surface area contributed by atoms with Crippen molar-refractivity contribution in [1.82, 2.24) is 9.62 Å². The van der Waals surface area contributed by atoms with E-state index in [-0.39, 0.29) is 23.8 Å². The van der Waals surface area contributed by atoms with Crippen molar-refractivity contribution in [3.63, 3.8) is 0 Å². The molecule has 156 valence electrons. The van der Waals surface area contributed by atoms with E-state index in [2.05, 4.69) is 23.5 Å². The number of hydrogen-bond donors (Lipinski definition) is 1. The van der Waals surface area contributed by atoms with Gasteiger partial charge in [-0.15, -0.1) is 0 Å². The Morgan fingerprint density at radius 1 is 1.17 bits per heavy atom. The predicted octanol–water partition coefficient (Wildman–Crippen LogP) is 3.46. The highest BCUT2D eigenvalue weighted by Gasteiger charge is 2.22. The molecule has 0 bridgehead atoms. The van der Waals surface area contributed by atoms with Crippen molar-refractivity contribution in [3.05, 3.63) is 65.5 Å². The van der Waals surface area contributed by atoms with Crippen LogP contribution in [0.1, 0.15) is 42.7 Å². The SMILES string of the molecule is CN(CCCC(=O)NCC1CCCc2ccccc21)S(=O)(=O)c1ccc(F)cc1. The second kappa shape index (κ2) is 9.50. The van der Waals surface area contributed by atoms with Gasteiger partial charge in [-0.3, -0.25) is 4.79 Å². The molecule has 1 aliphatic rings. The molecule has 1 aliphatic carbocycles. The molecule has 0 heterocycles. The molecule has 1 N–H and O–H groups in total. The number of sulfonamides is 1. The van der Waals surface area contributed by atoms with Crippen LogP contribution in [0.2, 0.25) is 0 Å². The van der Waals surface area contributed by atoms with Gasteiger partial charge in [0.05, 0.1) is 4.90 Å². The molecule has 1 amide bonds. The molecule has 0 aromatic heterocycles. The van der Waals surface area contributed by atoms with Gasteiger partial charge in [0, 0.05) is 32.5 Å². The molecule has 0 radical (unpaired) electrons. The van der Waals surface area contributed by atoms with Gasteiger partial charge in [0.1, 0.15) is 5.82 Å². The summed E-state index contributed by atoms with van der Waals surface area (Å²) in [6.07, 6.45) is 3.97. The molecule has 29 heavy (non-hydrogen) atoms. The Hall–Kier alpha value is -2.25. The fourth-order valence-corrected chi connectivity index (χ4v) is 4.97. The van der Waals surface area contributed by atoms with Crippen LogP contribution in [0.25, 0.3) is 0 Å². The Labute approximate surface area is 172 Å². The smallest absolute Gasteiger partial charge is 0.242 e. The Balaban J connectivity index is 1.45. The van der Waals surface area contributed by atoms with Gasteiger partial charge in [-0.1, -0.05) is 24.3 Å². The maximum atomic E-state index is 13.0. The van der Waals surface area contributed by atoms with E-state index in [1.807, 2.05) is 6.07 Å². The molecule has 1 atom stereocenters. The zero-order valence-corrected chi connectivity index (χ0v) is 17.4. The lowest BCUT2D eigenvalue weighted by Gasteiger charge is -2.25. The van der Waals surface area contributed by atoms with E-state index in [1.165, 1.54) is 34.6 Å². The zero-order chi connectivity index (χ0) is 20.9. The van der Waals surface area contributed by atoms with E-state index in [0.717, 1.165) is 31.4 Å². The summed E-state index contributed by atoms with van der Waals surface area (Å²) in [5.41, 5.74) is 2.69. The number of carbonyl (C=O) groups excluding carboxylic acids is 1. The second-order valence-electron chi connectivity index (χ2n) is 7.48. The van der Waals surface area contributed by atoms with Crippen LogP contribution in [-0.2, 0) is 21.2 Å². The summed E-state index contributed by atoms with van der Waals surface area (Å²) >= 11 is 0. The lowest BCUT2D eigenvalue weighted by atomic mass is 9.83. The Morgan fingerprint density at radius 2 is 1.90 bits per heavy atom. The number of benzene rings is 2. The van der Waals surface area contributed by atoms with Crippen molar-refractivity contribution < 1.29 is 17.6 Å². The second-order valence-corrected chi connectivity index (χ2v) is 9.52. The molecule has 5 nitrogen and oxygen atoms in total. The van der Waals surface area contributed by atoms with Gasteiger partial charge in [-0.05, 0) is 61.1 Å². The number of aryl methyl sites for hydroxylation is 1. The number of hydrogen-bond acceptors (Lipinski definition) is 3. The standard InChI is InChI=1S/C22H27FN2O3S/c1-25(29(27,28)20-13-11-19(23)12-14-20)15-5-10-22(26)24-16-18-8-4-7-17-6-2-3-9-21(17)18/h2-3,6,9,11-14,18H,4-5,7-8,10,15-16H2,1H3,(H,24,26). The molecule has 0 fully saturated rings. The van der Waals surface area contributed by atoms with Gasteiger partial charge in [0.15, 0.2) is 0 Å². The van der Waals surface area contributed by atoms with Gasteiger partial charge >= 0.3 is 0 Å². The molecule has 1 unspecified atom stereocenters. The Bertz CT molecular complexity index is 945. The van der Waals surface area contributed by atoms with Gasteiger partial charge < -0.3 is 5.32 Å². The maximum Gasteiger partial charge on any atom is 0.242 e. The molecule has 0 aliphatic heterocycles. The summed E-state index contributed by atoms with van der Waals surface area (Å²) in [5.74, 6) is -0.213. The number of nitrogens with zero attached hydrogens (tertiary/aromatic N) is 1. The lowest BCUT2D eigenvalue weighted by Crippen LogP contribution is -2.32. The largest absolute Gasteiger partial charge is 0.355 e. The van der Waals surface area contributed by atoms with Crippen molar-refractivity contribution in [2.45, 2.75) is 42.9 Å². The molecule has 7 heteroatoms. The summed E-state index contributed by atoms with van der Waals surface area (Å²) in [6.45, 7) is 0.832. The quantitative estimate of drug-likeness (QED) is 0.714. The highest BCUT2D eigenvalue weighted by Crippen LogP contribution is 2.30. The van der Waals surface area contributed by atoms with Gasteiger partial charge in [-0.25, -0.2) is 17.1 Å². The van der Waals surface area contributed by atoms with Crippen LogP contribution in [-0.4, -0.2) is 38.8 Å². The van der Waals surface area contributed by atoms with Gasteiger partial charge in [0.25, 0.3) is 0 Å². The summed E-state index contributed by atoms with van der Waals surface area (Å²) < 4.78 is 39.1. The molecule has 2 aromatic carbocycles. The molecular formula is C22H27FN2O3S. The van der Waals surface area contributed by atoms with Crippen molar-refractivity contribution in [3.8, 4) is 0 Å². The summed E-state index contributed by atoms with van der Waals surface area (Å²) in [7, 11) is -2.21. The third kappa shape index (κ3) is 5.42. The summed E-state index contributed by atoms with van der Waals surface area (Å²) in [5, 5.41) is 3.00. The van der Waals surface area contributed by atoms with Crippen LogP contribution in [0.5, 0.6) is 0 Å². The first-order chi connectivity index (χ1) is 13.9. The van der Waals surface area contributed by atoms with E-state index in [4.69, 9.17) is 0 Å². The molecule has 0 spiro atoms. The van der Waals surface area contributed by atoms with Crippen LogP contribution >= 0.6 is 0 Å². The van der Waals surface area contributed by atoms with E-state index < -0.39 is 15.8 Å². The van der Waals surface area contributed by atoms with Crippen LogP contribution in [0.3, 0.4) is 0 Å². The number of fused-ring (bicyclic) bond motifs is 1. The summed E-state index contributed by atoms with van der Waals surface area (Å²) in [4.78, 5) is 12.3. The molecule has 2 aromatic rings. The average molecular weight is 419 g/mol. The minimum atomic E-state index is -3.68. The van der Waals surface area contributed by atoms with Crippen molar-refractivity contribution in [2.75, 3.05) is 20.1 Å². The van der Waals surface area contributed by atoms with Crippen LogP contribution < -0.4 is 5.32 Å². The molecule has 0 saturated carbocycles. The monoisotopic (exact) mass is 418 g/mol. The predicted molar refractivity (Wildman–Crippen MR) is 111 cm³/mol. The number of carbonyl (C=O) groups is 1. The third-order valence-corrected chi connectivity index (χ3v) is 7.31. The van der Waals surface area contributed by atoms with Crippen LogP contribution in [0, 0.1) is 5.82 Å². The number of amides is 1. The Kier molecular flexibility index (Phi) is 7.03. The molecule has 3 rings (SSSR count). The minimum Gasteiger partial charge on any atom is -0.355 e. The zero-order valence-electron chi connectivity index (χ0n) is 16.6. The van der Waals surface area contributed by atoms with Crippen LogP contribution in [0.4, 0.5) is 4.39 Å². The van der Waals surface area contributed by atoms with Crippen molar-refractivity contribution in [1.29, 1.82) is 0 Å². The average Bonchev–Trinajstić information content (AvgIpc) is 2.72. The van der Waals surface area contributed by atoms with E-state index in [1.54, 1.807) is 0 Å². The molecular weight excluding hydrogens is 391 g/mol. The number of nitrogens with one attached hydrogen (secondary N) is 1. The lowest BCUT2D eigenvalue weighted by molar-refractivity contribution is -0.121. The number of rotatable bonds is 8. The third-order valence-electron chi connectivity index (χ3n) is 5.44. The topological polar surface area (TPSA) is 66.5 Å². The normalized spacial score (nSPS) is 16.4. The van der Waals surface area contributed by atoms with E-state index in [9.17, 15) is 17.6 Å². The fraction of sp³-hybridized carbons (Fsp3) is 0.409. The highest BCUT2D eigenvalue weighted by molar-refractivity contribution is 7.89. The van der Waals surface area contributed by atoms with Gasteiger partial charge in [-0.2, -0.15) is 0 Å². The Morgan fingerprint density at radius 3 is 2.66 bits per heavy atom. The summed E-state index contributed by atoms with van der Waals surface area (Å²) in [6, 6.07) is 13.1. The first kappa shape index (κ1) is 21.5. The van der Waals surface area contributed by atoms with E-state index >= 15 is 0 Å². The highest BCUT2D eigenvalue weighted by atomic mass is 32.2. The first-order valence-corrected chi connectivity index (χ1v) is 11.4. The van der Waals surface area contributed by atoms with Gasteiger partial charge in [0.2, 0.25) is 15.9 Å². The van der Waals surface area contributed by atoms with Crippen LogP contribution in [0.15, 0.2) is 53.4 Å². The fourth-order valence-electron chi connectivity index (χ4n) is 3.76. The van der Waals surface area contributed by atoms with E-state index in [0.29, 0.717) is 18.9 Å². The first-order valence-electron chi connectivity index (χ1n) is 9.94. The minimum absolute atomic E-state index is 0.0433. The molecule has 0 saturated heterocycles. The van der Waals surface area contributed by atoms with Crippen molar-refractivity contribution >= 4 is 15.9 Å². The van der Waals surface area contributed by atoms with Crippen molar-refractivity contribution in [2.24, 2.45) is 0 Å². The maximum absolute atomic E-state index is 13.0. The number of halogens is 1.